The van der Waals surface area contributed by atoms with Gasteiger partial charge in [0.2, 0.25) is 11.8 Å². The maximum absolute atomic E-state index is 13.1. The predicted molar refractivity (Wildman–Crippen MR) is 90.0 cm³/mol. The Morgan fingerprint density at radius 2 is 2.00 bits per heavy atom. The van der Waals surface area contributed by atoms with Gasteiger partial charge in [0.25, 0.3) is 0 Å². The van der Waals surface area contributed by atoms with Crippen LogP contribution in [-0.4, -0.2) is 60.1 Å². The van der Waals surface area contributed by atoms with Gasteiger partial charge in [-0.15, -0.1) is 0 Å². The summed E-state index contributed by atoms with van der Waals surface area (Å²) in [5.74, 6) is -2.92. The van der Waals surface area contributed by atoms with E-state index in [1.165, 1.54) is 41.2 Å². The van der Waals surface area contributed by atoms with Crippen LogP contribution in [0.5, 0.6) is 0 Å². The summed E-state index contributed by atoms with van der Waals surface area (Å²) in [7, 11) is 1.52. The highest BCUT2D eigenvalue weighted by atomic mass is 19.1. The largest absolute Gasteiger partial charge is 0.481 e. The monoisotopic (exact) mass is 364 g/mol. The van der Waals surface area contributed by atoms with Crippen molar-refractivity contribution >= 4 is 23.5 Å². The number of amides is 2. The van der Waals surface area contributed by atoms with Crippen molar-refractivity contribution in [3.05, 3.63) is 30.1 Å². The predicted octanol–water partition coefficient (Wildman–Crippen LogP) is 1.27. The number of methoxy groups -OCH3 is 1. The van der Waals surface area contributed by atoms with Crippen LogP contribution in [0.3, 0.4) is 0 Å². The van der Waals surface area contributed by atoms with Crippen LogP contribution in [0.4, 0.5) is 10.1 Å². The first-order valence-corrected chi connectivity index (χ1v) is 8.52. The number of rotatable bonds is 5. The highest BCUT2D eigenvalue weighted by Crippen LogP contribution is 2.30. The lowest BCUT2D eigenvalue weighted by Gasteiger charge is -2.26. The van der Waals surface area contributed by atoms with Gasteiger partial charge in [0.15, 0.2) is 0 Å². The Balaban J connectivity index is 1.73. The van der Waals surface area contributed by atoms with Crippen molar-refractivity contribution in [2.75, 3.05) is 25.1 Å². The molecule has 2 amide bonds. The highest BCUT2D eigenvalue weighted by Gasteiger charge is 2.44. The van der Waals surface area contributed by atoms with Crippen LogP contribution in [0.2, 0.25) is 0 Å². The van der Waals surface area contributed by atoms with Gasteiger partial charge in [-0.1, -0.05) is 0 Å². The second kappa shape index (κ2) is 7.41. The molecular weight excluding hydrogens is 343 g/mol. The molecule has 3 rings (SSSR count). The van der Waals surface area contributed by atoms with E-state index in [9.17, 15) is 18.8 Å². The molecule has 2 heterocycles. The van der Waals surface area contributed by atoms with Gasteiger partial charge in [-0.3, -0.25) is 14.4 Å². The molecule has 8 heteroatoms. The fraction of sp³-hybridized carbons (Fsp3) is 0.500. The standard InChI is InChI=1S/C18H21FN2O5/c1-26-14-8-13(9-16(22)23)21(10-14)18(25)15-6-7-20(17(15)24)12-4-2-11(19)3-5-12/h2-5,13-15H,6-10H2,1H3,(H,22,23). The number of carbonyl (C=O) groups is 3. The second-order valence-corrected chi connectivity index (χ2v) is 6.64. The molecule has 0 saturated carbocycles. The van der Waals surface area contributed by atoms with Gasteiger partial charge in [0.1, 0.15) is 11.7 Å². The summed E-state index contributed by atoms with van der Waals surface area (Å²) in [5, 5.41) is 9.08. The SMILES string of the molecule is COC1CC(CC(=O)O)N(C(=O)C2CCN(c3ccc(F)cc3)C2=O)C1. The molecule has 3 unspecified atom stereocenters. The summed E-state index contributed by atoms with van der Waals surface area (Å²) in [6.45, 7) is 0.652. The molecule has 140 valence electrons. The number of halogens is 1. The fourth-order valence-corrected chi connectivity index (χ4v) is 3.70. The summed E-state index contributed by atoms with van der Waals surface area (Å²) < 4.78 is 18.4. The molecule has 0 radical (unpaired) electrons. The van der Waals surface area contributed by atoms with Gasteiger partial charge in [-0.05, 0) is 37.1 Å². The van der Waals surface area contributed by atoms with Gasteiger partial charge in [-0.25, -0.2) is 4.39 Å². The molecule has 2 saturated heterocycles. The molecule has 2 aliphatic heterocycles. The van der Waals surface area contributed by atoms with Crippen LogP contribution in [0.25, 0.3) is 0 Å². The van der Waals surface area contributed by atoms with Crippen LogP contribution in [0.15, 0.2) is 24.3 Å². The van der Waals surface area contributed by atoms with E-state index in [-0.39, 0.29) is 30.9 Å². The highest BCUT2D eigenvalue weighted by molar-refractivity contribution is 6.09. The van der Waals surface area contributed by atoms with E-state index < -0.39 is 23.7 Å². The van der Waals surface area contributed by atoms with Crippen molar-refractivity contribution < 1.29 is 28.6 Å². The molecule has 3 atom stereocenters. The summed E-state index contributed by atoms with van der Waals surface area (Å²) in [6.07, 6.45) is 0.391. The maximum atomic E-state index is 13.1. The lowest BCUT2D eigenvalue weighted by molar-refractivity contribution is -0.142. The Kier molecular flexibility index (Phi) is 5.22. The van der Waals surface area contributed by atoms with E-state index >= 15 is 0 Å². The van der Waals surface area contributed by atoms with E-state index in [4.69, 9.17) is 9.84 Å². The van der Waals surface area contributed by atoms with Crippen molar-refractivity contribution in [2.45, 2.75) is 31.4 Å². The zero-order valence-electron chi connectivity index (χ0n) is 14.4. The number of benzene rings is 1. The smallest absolute Gasteiger partial charge is 0.305 e. The molecule has 26 heavy (non-hydrogen) atoms. The lowest BCUT2D eigenvalue weighted by Crippen LogP contribution is -2.43. The molecule has 1 N–H and O–H groups in total. The average molecular weight is 364 g/mol. The minimum absolute atomic E-state index is 0.172. The van der Waals surface area contributed by atoms with Crippen LogP contribution in [0.1, 0.15) is 19.3 Å². The molecule has 0 aromatic heterocycles. The van der Waals surface area contributed by atoms with E-state index in [1.54, 1.807) is 0 Å². The van der Waals surface area contributed by atoms with Gasteiger partial charge >= 0.3 is 5.97 Å². The van der Waals surface area contributed by atoms with Crippen molar-refractivity contribution in [1.82, 2.24) is 4.90 Å². The minimum atomic E-state index is -0.991. The first kappa shape index (κ1) is 18.3. The summed E-state index contributed by atoms with van der Waals surface area (Å²) in [6, 6.07) is 5.07. The molecule has 1 aromatic carbocycles. The molecule has 1 aromatic rings. The molecule has 0 spiro atoms. The zero-order valence-corrected chi connectivity index (χ0v) is 14.4. The van der Waals surface area contributed by atoms with Crippen LogP contribution < -0.4 is 4.90 Å². The van der Waals surface area contributed by atoms with Crippen molar-refractivity contribution in [1.29, 1.82) is 0 Å². The molecular formula is C18H21FN2O5. The number of aliphatic carboxylic acids is 1. The summed E-state index contributed by atoms with van der Waals surface area (Å²) >= 11 is 0. The Labute approximate surface area is 150 Å². The lowest BCUT2D eigenvalue weighted by atomic mass is 10.0. The quantitative estimate of drug-likeness (QED) is 0.795. The fourth-order valence-electron chi connectivity index (χ4n) is 3.70. The number of likely N-dealkylation sites (tertiary alicyclic amines) is 1. The average Bonchev–Trinajstić information content (AvgIpc) is 3.18. The van der Waals surface area contributed by atoms with Gasteiger partial charge in [0, 0.05) is 31.9 Å². The summed E-state index contributed by atoms with van der Waals surface area (Å²) in [5.41, 5.74) is 0.546. The number of carbonyl (C=O) groups excluding carboxylic acids is 2. The van der Waals surface area contributed by atoms with Gasteiger partial charge in [0.05, 0.1) is 12.5 Å². The molecule has 2 aliphatic rings. The van der Waals surface area contributed by atoms with Crippen LogP contribution in [-0.2, 0) is 19.1 Å². The van der Waals surface area contributed by atoms with Gasteiger partial charge in [-0.2, -0.15) is 0 Å². The van der Waals surface area contributed by atoms with Crippen molar-refractivity contribution in [3.8, 4) is 0 Å². The Hall–Kier alpha value is -2.48. The van der Waals surface area contributed by atoms with Gasteiger partial charge < -0.3 is 19.6 Å². The molecule has 7 nitrogen and oxygen atoms in total. The Bertz CT molecular complexity index is 708. The number of carboxylic acids is 1. The van der Waals surface area contributed by atoms with E-state index in [1.807, 2.05) is 0 Å². The number of hydrogen-bond donors (Lipinski definition) is 1. The number of ether oxygens (including phenoxy) is 1. The third-order valence-corrected chi connectivity index (χ3v) is 5.04. The first-order chi connectivity index (χ1) is 12.4. The second-order valence-electron chi connectivity index (χ2n) is 6.64. The van der Waals surface area contributed by atoms with E-state index in [0.717, 1.165) is 0 Å². The van der Waals surface area contributed by atoms with Crippen molar-refractivity contribution in [2.24, 2.45) is 5.92 Å². The van der Waals surface area contributed by atoms with E-state index in [0.29, 0.717) is 25.1 Å². The normalized spacial score (nSPS) is 25.8. The van der Waals surface area contributed by atoms with Crippen molar-refractivity contribution in [3.63, 3.8) is 0 Å². The first-order valence-electron chi connectivity index (χ1n) is 8.52. The molecule has 0 bridgehead atoms. The third kappa shape index (κ3) is 3.55. The van der Waals surface area contributed by atoms with Crippen LogP contribution >= 0.6 is 0 Å². The molecule has 0 aliphatic carbocycles. The Morgan fingerprint density at radius 3 is 2.62 bits per heavy atom. The van der Waals surface area contributed by atoms with E-state index in [2.05, 4.69) is 0 Å². The maximum Gasteiger partial charge on any atom is 0.305 e. The number of hydrogen-bond acceptors (Lipinski definition) is 4. The van der Waals surface area contributed by atoms with Crippen LogP contribution in [0, 0.1) is 11.7 Å². The zero-order chi connectivity index (χ0) is 18.8. The Morgan fingerprint density at radius 1 is 1.31 bits per heavy atom. The number of anilines is 1. The number of carboxylic acid groups (broad SMARTS) is 1. The number of nitrogens with zero attached hydrogens (tertiary/aromatic N) is 2. The molecule has 2 fully saturated rings. The topological polar surface area (TPSA) is 87.2 Å². The summed E-state index contributed by atoms with van der Waals surface area (Å²) in [4.78, 5) is 39.6. The minimum Gasteiger partial charge on any atom is -0.481 e. The third-order valence-electron chi connectivity index (χ3n) is 5.04.